The monoisotopic (exact) mass is 828 g/mol. The van der Waals surface area contributed by atoms with Crippen molar-refractivity contribution in [1.82, 2.24) is 0 Å². The molecule has 0 amide bonds. The third kappa shape index (κ3) is 5.73. The molecular weight excluding hydrogens is 761 g/mol. The second-order valence-corrected chi connectivity index (χ2v) is 22.4. The molecule has 0 aromatic carbocycles. The van der Waals surface area contributed by atoms with Crippen molar-refractivity contribution >= 4 is 5.97 Å². The highest BCUT2D eigenvalue weighted by molar-refractivity contribution is 5.66. The number of hydrogen-bond donors (Lipinski definition) is 3. The number of aliphatic hydroxyl groups excluding tert-OH is 2. The van der Waals surface area contributed by atoms with E-state index in [1.807, 2.05) is 12.1 Å². The van der Waals surface area contributed by atoms with Crippen molar-refractivity contribution in [2.75, 3.05) is 0 Å². The van der Waals surface area contributed by atoms with Crippen LogP contribution in [0.25, 0.3) is 0 Å². The average Bonchev–Trinajstić information content (AvgIpc) is 3.84. The first kappa shape index (κ1) is 41.2. The molecule has 1 saturated heterocycles. The van der Waals surface area contributed by atoms with Gasteiger partial charge in [0.25, 0.3) is 0 Å². The summed E-state index contributed by atoms with van der Waals surface area (Å²) in [4.78, 5) is 35.1. The van der Waals surface area contributed by atoms with Gasteiger partial charge in [0.1, 0.15) is 17.8 Å². The van der Waals surface area contributed by atoms with E-state index >= 15 is 0 Å². The summed E-state index contributed by atoms with van der Waals surface area (Å²) >= 11 is 0. The zero-order valence-corrected chi connectivity index (χ0v) is 36.4. The molecule has 328 valence electrons. The van der Waals surface area contributed by atoms with Gasteiger partial charge in [0.05, 0.1) is 30.3 Å². The molecule has 0 unspecified atom stereocenters. The van der Waals surface area contributed by atoms with Gasteiger partial charge in [0.2, 0.25) is 0 Å². The summed E-state index contributed by atoms with van der Waals surface area (Å²) in [6.45, 7) is 11.0. The molecule has 1 spiro atoms. The fraction of sp³-hybridized carbons (Fsp3) is 0.780. The van der Waals surface area contributed by atoms with E-state index in [2.05, 4.69) is 27.7 Å². The Morgan fingerprint density at radius 3 is 1.77 bits per heavy atom. The van der Waals surface area contributed by atoms with Crippen LogP contribution in [0.2, 0.25) is 0 Å². The first-order chi connectivity index (χ1) is 28.5. The van der Waals surface area contributed by atoms with E-state index in [0.29, 0.717) is 35.5 Å². The van der Waals surface area contributed by atoms with Crippen LogP contribution in [0, 0.1) is 57.2 Å². The molecule has 8 aliphatic carbocycles. The van der Waals surface area contributed by atoms with Crippen molar-refractivity contribution < 1.29 is 38.4 Å². The van der Waals surface area contributed by atoms with Gasteiger partial charge in [0, 0.05) is 35.8 Å². The van der Waals surface area contributed by atoms with E-state index in [1.54, 1.807) is 12.5 Å². The number of epoxide rings is 1. The highest BCUT2D eigenvalue weighted by atomic mass is 16.7. The van der Waals surface area contributed by atoms with Crippen LogP contribution in [0.15, 0.2) is 55.2 Å². The maximum atomic E-state index is 12.2. The molecule has 9 aliphatic rings. The van der Waals surface area contributed by atoms with Crippen LogP contribution in [0.1, 0.15) is 160 Å². The number of fused-ring (bicyclic) bond motifs is 8. The van der Waals surface area contributed by atoms with Gasteiger partial charge in [0.15, 0.2) is 0 Å². The summed E-state index contributed by atoms with van der Waals surface area (Å²) in [5.41, 5.74) is 0.539. The Labute approximate surface area is 354 Å². The van der Waals surface area contributed by atoms with Gasteiger partial charge in [-0.1, -0.05) is 27.7 Å². The zero-order chi connectivity index (χ0) is 42.2. The average molecular weight is 829 g/mol. The Bertz CT molecular complexity index is 2070. The predicted octanol–water partition coefficient (Wildman–Crippen LogP) is 8.04. The van der Waals surface area contributed by atoms with Crippen LogP contribution in [0.5, 0.6) is 0 Å². The lowest BCUT2D eigenvalue weighted by atomic mass is 9.43. The van der Waals surface area contributed by atoms with Crippen LogP contribution in [-0.4, -0.2) is 56.9 Å². The molecule has 11 rings (SSSR count). The van der Waals surface area contributed by atoms with Gasteiger partial charge >= 0.3 is 17.2 Å². The molecule has 8 saturated carbocycles. The van der Waals surface area contributed by atoms with Crippen molar-refractivity contribution in [3.63, 3.8) is 0 Å². The lowest BCUT2D eigenvalue weighted by molar-refractivity contribution is -0.205. The molecular formula is C50H68O10. The van der Waals surface area contributed by atoms with Crippen molar-refractivity contribution in [2.45, 2.75) is 185 Å². The highest BCUT2D eigenvalue weighted by Gasteiger charge is 2.85. The molecule has 1 aliphatic heterocycles. The normalized spacial score (nSPS) is 50.8. The zero-order valence-electron chi connectivity index (χ0n) is 36.4. The van der Waals surface area contributed by atoms with Gasteiger partial charge in [-0.25, -0.2) is 9.59 Å². The van der Waals surface area contributed by atoms with E-state index < -0.39 is 5.60 Å². The second kappa shape index (κ2) is 14.1. The van der Waals surface area contributed by atoms with Crippen molar-refractivity contribution in [1.29, 1.82) is 0 Å². The van der Waals surface area contributed by atoms with Gasteiger partial charge < -0.3 is 33.6 Å². The molecule has 9 fully saturated rings. The van der Waals surface area contributed by atoms with E-state index in [1.165, 1.54) is 25.5 Å². The van der Waals surface area contributed by atoms with Crippen molar-refractivity contribution in [3.05, 3.63) is 68.8 Å². The number of esters is 1. The van der Waals surface area contributed by atoms with Gasteiger partial charge in [-0.2, -0.15) is 0 Å². The molecule has 18 atom stereocenters. The third-order valence-corrected chi connectivity index (χ3v) is 20.4. The van der Waals surface area contributed by atoms with Gasteiger partial charge in [-0.05, 0) is 178 Å². The molecule has 3 heterocycles. The quantitative estimate of drug-likeness (QED) is 0.204. The summed E-state index contributed by atoms with van der Waals surface area (Å²) in [6.07, 6.45) is 18.9. The molecule has 2 aromatic rings. The minimum Gasteiger partial charge on any atom is -0.459 e. The second-order valence-electron chi connectivity index (χ2n) is 22.4. The molecule has 3 N–H and O–H groups in total. The highest BCUT2D eigenvalue weighted by Crippen LogP contribution is 2.78. The summed E-state index contributed by atoms with van der Waals surface area (Å²) in [6, 6.07) is 6.72. The lowest BCUT2D eigenvalue weighted by Crippen LogP contribution is -2.62. The summed E-state index contributed by atoms with van der Waals surface area (Å²) in [7, 11) is 0. The number of aliphatic hydroxyl groups is 3. The topological polar surface area (TPSA) is 160 Å². The fourth-order valence-corrected chi connectivity index (χ4v) is 17.4. The Kier molecular flexibility index (Phi) is 9.69. The van der Waals surface area contributed by atoms with Gasteiger partial charge in [-0.15, -0.1) is 0 Å². The third-order valence-electron chi connectivity index (χ3n) is 20.4. The van der Waals surface area contributed by atoms with E-state index in [9.17, 15) is 29.7 Å². The number of carbonyl (C=O) groups is 1. The largest absolute Gasteiger partial charge is 0.459 e. The Morgan fingerprint density at radius 1 is 0.650 bits per heavy atom. The van der Waals surface area contributed by atoms with Crippen LogP contribution in [0.3, 0.4) is 0 Å². The van der Waals surface area contributed by atoms with E-state index in [-0.39, 0.29) is 80.7 Å². The molecule has 60 heavy (non-hydrogen) atoms. The van der Waals surface area contributed by atoms with Crippen LogP contribution >= 0.6 is 0 Å². The summed E-state index contributed by atoms with van der Waals surface area (Å²) in [5, 5.41) is 32.7. The molecule has 10 heteroatoms. The SMILES string of the molecule is CC(=O)O[C@H]1[C@H]2O[C@]23[C@@H]2CC[C@@H]4C[C@@H](O)CC[C@]4(C)[C@H]2CC[C@]3(C)[C@H]1c1ccc(=O)oc1.C[C@]12CC[C@H](O)C[C@H]1CC[C@@H]1[C@@H]2CC[C@]2(C)[C@@H](c3ccc(=O)oc3)CC[C@]12O. The first-order valence-corrected chi connectivity index (χ1v) is 23.6. The van der Waals surface area contributed by atoms with Crippen molar-refractivity contribution in [3.8, 4) is 0 Å². The number of hydrogen-bond acceptors (Lipinski definition) is 10. The lowest BCUT2D eigenvalue weighted by Gasteiger charge is -2.63. The molecule has 10 nitrogen and oxygen atoms in total. The van der Waals surface area contributed by atoms with Crippen LogP contribution in [0.4, 0.5) is 0 Å². The number of rotatable bonds is 3. The minimum atomic E-state index is -0.638. The standard InChI is InChI=1S/C26H34O6.C24H34O4/c1-14(27)31-22-21(15-4-7-20(29)30-13-15)25(3)11-9-18-19(26(25)23(22)32-26)6-5-16-12-17(28)8-10-24(16,18)2;1-22-10-7-17(25)13-16(22)4-5-20-19(22)8-11-23(2)18(9-12-24(20,23)27)15-3-6-21(26)28-14-15/h4,7,13,16-19,21-23,28H,5-6,8-12H2,1-3H3;3,6,14,16-20,25,27H,4-5,7-13H2,1-2H3/t16-,17+,18+,19-,21+,22-,23-,24+,25-,26-;16-,17+,18-,19+,20-,22+,23-,24+/m11/s1. The van der Waals surface area contributed by atoms with E-state index in [0.717, 1.165) is 107 Å². The Hall–Kier alpha value is -2.79. The molecule has 2 aromatic heterocycles. The van der Waals surface area contributed by atoms with E-state index in [4.69, 9.17) is 18.3 Å². The first-order valence-electron chi connectivity index (χ1n) is 23.6. The predicted molar refractivity (Wildman–Crippen MR) is 223 cm³/mol. The summed E-state index contributed by atoms with van der Waals surface area (Å²) in [5.74, 6) is 3.00. The smallest absolute Gasteiger partial charge is 0.335 e. The number of carbonyl (C=O) groups excluding carboxylic acids is 1. The minimum absolute atomic E-state index is 0.0471. The van der Waals surface area contributed by atoms with Crippen molar-refractivity contribution in [2.24, 2.45) is 57.2 Å². The maximum Gasteiger partial charge on any atom is 0.335 e. The maximum absolute atomic E-state index is 12.2. The van der Waals surface area contributed by atoms with Crippen LogP contribution < -0.4 is 11.3 Å². The molecule has 0 bridgehead atoms. The molecule has 0 radical (unpaired) electrons. The Morgan fingerprint density at radius 2 is 1.20 bits per heavy atom. The van der Waals surface area contributed by atoms with Crippen LogP contribution in [-0.2, 0) is 14.3 Å². The Balaban J connectivity index is 0.000000146. The summed E-state index contributed by atoms with van der Waals surface area (Å²) < 4.78 is 23.0. The fourth-order valence-electron chi connectivity index (χ4n) is 17.4. The van der Waals surface area contributed by atoms with Gasteiger partial charge in [-0.3, -0.25) is 4.79 Å². The number of ether oxygens (including phenoxy) is 2.